The van der Waals surface area contributed by atoms with Gasteiger partial charge in [0.15, 0.2) is 11.5 Å². The van der Waals surface area contributed by atoms with Gasteiger partial charge in [0.2, 0.25) is 10.0 Å². The Balaban J connectivity index is 0.00000119. The van der Waals surface area contributed by atoms with Crippen LogP contribution in [0, 0.1) is 0 Å². The lowest BCUT2D eigenvalue weighted by Crippen LogP contribution is -2.37. The summed E-state index contributed by atoms with van der Waals surface area (Å²) >= 11 is 7.58. The summed E-state index contributed by atoms with van der Waals surface area (Å²) < 4.78 is 66.4. The number of hydrogen-bond acceptors (Lipinski definition) is 9. The van der Waals surface area contributed by atoms with Crippen molar-refractivity contribution < 1.29 is 35.9 Å². The van der Waals surface area contributed by atoms with Crippen LogP contribution in [-0.4, -0.2) is 71.6 Å². The van der Waals surface area contributed by atoms with Crippen molar-refractivity contribution in [3.05, 3.63) is 71.2 Å². The first-order valence-electron chi connectivity index (χ1n) is 12.8. The second kappa shape index (κ2) is 14.9. The van der Waals surface area contributed by atoms with Gasteiger partial charge in [0.25, 0.3) is 15.9 Å². The van der Waals surface area contributed by atoms with E-state index in [9.17, 15) is 26.4 Å². The lowest BCUT2D eigenvalue weighted by atomic mass is 10.1. The van der Waals surface area contributed by atoms with Crippen LogP contribution < -0.4 is 19.5 Å². The lowest BCUT2D eigenvalue weighted by molar-refractivity contribution is -0.115. The molecule has 11 nitrogen and oxygen atoms in total. The smallest absolute Gasteiger partial charge is 0.261 e. The number of nitrogens with one attached hydrogen (secondary N) is 2. The van der Waals surface area contributed by atoms with E-state index < -0.39 is 26.0 Å². The number of nitrogens with zero attached hydrogens (tertiary/aromatic N) is 1. The molecule has 0 atom stereocenters. The number of methoxy groups -OCH3 is 2. The Morgan fingerprint density at radius 3 is 1.88 bits per heavy atom. The van der Waals surface area contributed by atoms with Gasteiger partial charge >= 0.3 is 0 Å². The Morgan fingerprint density at radius 2 is 1.35 bits per heavy atom. The number of anilines is 2. The number of ketones is 1. The molecule has 0 unspecified atom stereocenters. The number of ether oxygens (including phenoxy) is 2. The van der Waals surface area contributed by atoms with E-state index in [2.05, 4.69) is 10.0 Å². The standard InChI is InChI=1S/C25H26ClN3O7S3.C3H6O/c1-35-23-15-21(22(16-24(23)36-2)28-38(31,32)19-7-3-17(26)4-8-19)25(30)27-18-5-9-20(10-6-18)39(33,34)29-11-13-37-14-12-29;1-3(2)4/h3-10,15-16,28H,11-14H2,1-2H3,(H,27,30);1-2H3. The Hall–Kier alpha value is -3.30. The molecule has 1 saturated heterocycles. The summed E-state index contributed by atoms with van der Waals surface area (Å²) in [4.78, 5) is 22.8. The number of thioether (sulfide) groups is 1. The van der Waals surface area contributed by atoms with Crippen LogP contribution in [0.25, 0.3) is 0 Å². The second-order valence-corrected chi connectivity index (χ2v) is 14.5. The molecule has 1 aliphatic heterocycles. The normalized spacial score (nSPS) is 13.7. The van der Waals surface area contributed by atoms with Crippen LogP contribution in [0.15, 0.2) is 70.5 Å². The number of sulfonamides is 2. The Bertz CT molecular complexity index is 1650. The van der Waals surface area contributed by atoms with Crippen molar-refractivity contribution in [2.45, 2.75) is 23.6 Å². The van der Waals surface area contributed by atoms with Gasteiger partial charge in [-0.1, -0.05) is 11.6 Å². The third kappa shape index (κ3) is 9.10. The average molecular weight is 670 g/mol. The second-order valence-electron chi connectivity index (χ2n) is 9.22. The van der Waals surface area contributed by atoms with Crippen molar-refractivity contribution >= 4 is 66.5 Å². The van der Waals surface area contributed by atoms with Gasteiger partial charge in [-0.25, -0.2) is 16.8 Å². The maximum absolute atomic E-state index is 13.3. The Kier molecular flexibility index (Phi) is 11.9. The van der Waals surface area contributed by atoms with Crippen LogP contribution in [0.4, 0.5) is 11.4 Å². The SMILES string of the molecule is CC(C)=O.COc1cc(NS(=O)(=O)c2ccc(Cl)cc2)c(C(=O)Nc2ccc(S(=O)(=O)N3CCSCC3)cc2)cc1OC. The van der Waals surface area contributed by atoms with Crippen LogP contribution in [0.1, 0.15) is 24.2 Å². The van der Waals surface area contributed by atoms with E-state index in [0.29, 0.717) is 23.8 Å². The molecule has 1 heterocycles. The Morgan fingerprint density at radius 1 is 0.837 bits per heavy atom. The Labute approximate surface area is 261 Å². The first kappa shape index (κ1) is 34.2. The number of benzene rings is 3. The maximum atomic E-state index is 13.3. The minimum atomic E-state index is -4.09. The molecule has 0 aromatic heterocycles. The van der Waals surface area contributed by atoms with Crippen LogP contribution in [0.5, 0.6) is 11.5 Å². The summed E-state index contributed by atoms with van der Waals surface area (Å²) in [5, 5.41) is 3.05. The highest BCUT2D eigenvalue weighted by Gasteiger charge is 2.26. The minimum absolute atomic E-state index is 0.0484. The first-order valence-corrected chi connectivity index (χ1v) is 17.2. The van der Waals surface area contributed by atoms with E-state index in [1.54, 1.807) is 11.8 Å². The molecule has 0 aliphatic carbocycles. The number of carbonyl (C=O) groups is 2. The van der Waals surface area contributed by atoms with Crippen molar-refractivity contribution in [2.75, 3.05) is 48.9 Å². The fraction of sp³-hybridized carbons (Fsp3) is 0.286. The lowest BCUT2D eigenvalue weighted by Gasteiger charge is -2.25. The molecule has 1 fully saturated rings. The molecule has 1 aliphatic rings. The van der Waals surface area contributed by atoms with Crippen LogP contribution in [0.3, 0.4) is 0 Å². The zero-order valence-corrected chi connectivity index (χ0v) is 27.1. The predicted molar refractivity (Wildman–Crippen MR) is 169 cm³/mol. The molecule has 4 rings (SSSR count). The molecular formula is C28H32ClN3O8S3. The highest BCUT2D eigenvalue weighted by Crippen LogP contribution is 2.35. The molecule has 1 amide bonds. The molecule has 3 aromatic rings. The van der Waals surface area contributed by atoms with Gasteiger partial charge in [-0.3, -0.25) is 9.52 Å². The van der Waals surface area contributed by atoms with Crippen LogP contribution >= 0.6 is 23.4 Å². The molecule has 0 bridgehead atoms. The van der Waals surface area contributed by atoms with Gasteiger partial charge in [0, 0.05) is 41.4 Å². The summed E-state index contributed by atoms with van der Waals surface area (Å²) in [6.07, 6.45) is 0. The van der Waals surface area contributed by atoms with Crippen molar-refractivity contribution in [1.29, 1.82) is 0 Å². The molecule has 43 heavy (non-hydrogen) atoms. The largest absolute Gasteiger partial charge is 0.493 e. The number of amides is 1. The van der Waals surface area contributed by atoms with E-state index >= 15 is 0 Å². The van der Waals surface area contributed by atoms with Gasteiger partial charge in [0.05, 0.1) is 35.3 Å². The molecule has 2 N–H and O–H groups in total. The first-order chi connectivity index (χ1) is 20.3. The number of halogens is 1. The van der Waals surface area contributed by atoms with Crippen molar-refractivity contribution in [3.63, 3.8) is 0 Å². The van der Waals surface area contributed by atoms with Crippen LogP contribution in [-0.2, 0) is 24.8 Å². The third-order valence-electron chi connectivity index (χ3n) is 5.86. The van der Waals surface area contributed by atoms with Gasteiger partial charge in [-0.15, -0.1) is 0 Å². The van der Waals surface area contributed by atoms with Gasteiger partial charge in [-0.2, -0.15) is 16.1 Å². The molecule has 0 spiro atoms. The number of rotatable bonds is 9. The summed E-state index contributed by atoms with van der Waals surface area (Å²) in [5.41, 5.74) is 0.212. The van der Waals surface area contributed by atoms with E-state index in [-0.39, 0.29) is 38.3 Å². The molecule has 0 radical (unpaired) electrons. The van der Waals surface area contributed by atoms with Gasteiger partial charge < -0.3 is 19.6 Å². The van der Waals surface area contributed by atoms with Crippen molar-refractivity contribution in [2.24, 2.45) is 0 Å². The molecule has 232 valence electrons. The van der Waals surface area contributed by atoms with Crippen molar-refractivity contribution in [3.8, 4) is 11.5 Å². The molecular weight excluding hydrogens is 638 g/mol. The summed E-state index contributed by atoms with van der Waals surface area (Å²) in [6.45, 7) is 3.94. The fourth-order valence-corrected chi connectivity index (χ4v) is 7.59. The minimum Gasteiger partial charge on any atom is -0.493 e. The summed E-state index contributed by atoms with van der Waals surface area (Å²) in [5.74, 6) is 1.39. The zero-order valence-electron chi connectivity index (χ0n) is 23.9. The highest BCUT2D eigenvalue weighted by molar-refractivity contribution is 7.99. The number of carbonyl (C=O) groups excluding carboxylic acids is 2. The fourth-order valence-electron chi connectivity index (χ4n) is 3.81. The van der Waals surface area contributed by atoms with Gasteiger partial charge in [-0.05, 0) is 68.4 Å². The molecule has 15 heteroatoms. The number of Topliss-reactive ketones (excluding diaryl/α,β-unsaturated/α-hetero) is 1. The van der Waals surface area contributed by atoms with E-state index in [4.69, 9.17) is 21.1 Å². The predicted octanol–water partition coefficient (Wildman–Crippen LogP) is 4.74. The highest BCUT2D eigenvalue weighted by atomic mass is 35.5. The monoisotopic (exact) mass is 669 g/mol. The van der Waals surface area contributed by atoms with Crippen LogP contribution in [0.2, 0.25) is 5.02 Å². The van der Waals surface area contributed by atoms with E-state index in [1.807, 2.05) is 0 Å². The quantitative estimate of drug-likeness (QED) is 0.329. The van der Waals surface area contributed by atoms with Gasteiger partial charge in [0.1, 0.15) is 5.78 Å². The van der Waals surface area contributed by atoms with Crippen molar-refractivity contribution in [1.82, 2.24) is 4.31 Å². The average Bonchev–Trinajstić information content (AvgIpc) is 2.97. The molecule has 3 aromatic carbocycles. The summed E-state index contributed by atoms with van der Waals surface area (Å²) in [7, 11) is -4.97. The zero-order chi connectivity index (χ0) is 31.8. The van der Waals surface area contributed by atoms with E-state index in [0.717, 1.165) is 11.5 Å². The third-order valence-corrected chi connectivity index (χ3v) is 10.3. The summed E-state index contributed by atoms with van der Waals surface area (Å²) in [6, 6.07) is 14.0. The van der Waals surface area contributed by atoms with E-state index in [1.165, 1.54) is 93.0 Å². The molecule has 0 saturated carbocycles. The maximum Gasteiger partial charge on any atom is 0.261 e. The topological polar surface area (TPSA) is 148 Å². The number of hydrogen-bond donors (Lipinski definition) is 2.